The van der Waals surface area contributed by atoms with Crippen molar-refractivity contribution in [1.29, 1.82) is 0 Å². The fraction of sp³-hybridized carbons (Fsp3) is 0.562. The minimum Gasteiger partial charge on any atom is -0.349 e. The van der Waals surface area contributed by atoms with Gasteiger partial charge in [-0.3, -0.25) is 4.79 Å². The standard InChI is InChI=1S/C16H24FN3O3S/c1-3-13(2)18-16(21)12-19-8-10-20(11-9-19)24(22,23)15-7-5-4-6-14(15)17/h4-7,13H,3,8-12H2,1-2H3,(H,18,21)/p+1/t13-/m1/s1. The van der Waals surface area contributed by atoms with Crippen molar-refractivity contribution < 1.29 is 22.5 Å². The van der Waals surface area contributed by atoms with E-state index in [9.17, 15) is 17.6 Å². The highest BCUT2D eigenvalue weighted by molar-refractivity contribution is 7.89. The van der Waals surface area contributed by atoms with Crippen molar-refractivity contribution in [2.45, 2.75) is 31.2 Å². The molecule has 2 N–H and O–H groups in total. The lowest BCUT2D eigenvalue weighted by Crippen LogP contribution is -3.15. The number of rotatable bonds is 6. The number of carbonyl (C=O) groups is 1. The summed E-state index contributed by atoms with van der Waals surface area (Å²) in [5, 5.41) is 2.91. The van der Waals surface area contributed by atoms with Crippen molar-refractivity contribution in [2.75, 3.05) is 32.7 Å². The molecule has 0 radical (unpaired) electrons. The molecule has 0 aliphatic carbocycles. The number of nitrogens with zero attached hydrogens (tertiary/aromatic N) is 1. The Bertz CT molecular complexity index is 673. The summed E-state index contributed by atoms with van der Waals surface area (Å²) >= 11 is 0. The molecule has 2 rings (SSSR count). The molecule has 0 aromatic heterocycles. The predicted molar refractivity (Wildman–Crippen MR) is 88.6 cm³/mol. The first kappa shape index (κ1) is 18.8. The van der Waals surface area contributed by atoms with Gasteiger partial charge in [0.25, 0.3) is 5.91 Å². The molecule has 1 heterocycles. The molecule has 1 aromatic carbocycles. The number of hydrogen-bond acceptors (Lipinski definition) is 3. The number of hydrogen-bond donors (Lipinski definition) is 2. The molecule has 0 unspecified atom stereocenters. The van der Waals surface area contributed by atoms with Crippen LogP contribution in [0.1, 0.15) is 20.3 Å². The van der Waals surface area contributed by atoms with Gasteiger partial charge in [0.05, 0.1) is 26.2 Å². The molecule has 1 aliphatic rings. The van der Waals surface area contributed by atoms with Crippen LogP contribution in [0.3, 0.4) is 0 Å². The van der Waals surface area contributed by atoms with Crippen molar-refractivity contribution in [3.63, 3.8) is 0 Å². The number of amides is 1. The van der Waals surface area contributed by atoms with Gasteiger partial charge in [-0.05, 0) is 25.5 Å². The van der Waals surface area contributed by atoms with E-state index in [0.717, 1.165) is 17.4 Å². The second-order valence-corrected chi connectivity index (χ2v) is 8.04. The molecule has 1 fully saturated rings. The van der Waals surface area contributed by atoms with Crippen molar-refractivity contribution in [2.24, 2.45) is 0 Å². The van der Waals surface area contributed by atoms with E-state index in [0.29, 0.717) is 19.6 Å². The number of sulfonamides is 1. The SMILES string of the molecule is CC[C@@H](C)NC(=O)C[NH+]1CCN(S(=O)(=O)c2ccccc2F)CC1. The summed E-state index contributed by atoms with van der Waals surface area (Å²) < 4.78 is 40.1. The smallest absolute Gasteiger partial charge is 0.275 e. The van der Waals surface area contributed by atoms with Crippen LogP contribution in [0.4, 0.5) is 4.39 Å². The predicted octanol–water partition coefficient (Wildman–Crippen LogP) is -0.370. The molecule has 1 aromatic rings. The fourth-order valence-corrected chi connectivity index (χ4v) is 4.17. The van der Waals surface area contributed by atoms with Gasteiger partial charge in [0, 0.05) is 6.04 Å². The average Bonchev–Trinajstić information content (AvgIpc) is 2.55. The van der Waals surface area contributed by atoms with E-state index in [1.165, 1.54) is 22.5 Å². The lowest BCUT2D eigenvalue weighted by molar-refractivity contribution is -0.895. The zero-order valence-corrected chi connectivity index (χ0v) is 14.9. The normalized spacial score (nSPS) is 18.3. The summed E-state index contributed by atoms with van der Waals surface area (Å²) in [4.78, 5) is 12.7. The molecular formula is C16H25FN3O3S+. The van der Waals surface area contributed by atoms with Gasteiger partial charge in [-0.1, -0.05) is 19.1 Å². The first-order valence-electron chi connectivity index (χ1n) is 8.22. The quantitative estimate of drug-likeness (QED) is 0.729. The molecule has 1 atom stereocenters. The Labute approximate surface area is 142 Å². The Morgan fingerprint density at radius 3 is 2.54 bits per heavy atom. The van der Waals surface area contributed by atoms with E-state index < -0.39 is 15.8 Å². The molecule has 24 heavy (non-hydrogen) atoms. The van der Waals surface area contributed by atoms with E-state index in [2.05, 4.69) is 5.32 Å². The maximum atomic E-state index is 13.8. The molecule has 134 valence electrons. The molecule has 0 bridgehead atoms. The average molecular weight is 358 g/mol. The van der Waals surface area contributed by atoms with Gasteiger partial charge < -0.3 is 10.2 Å². The highest BCUT2D eigenvalue weighted by atomic mass is 32.2. The molecule has 6 nitrogen and oxygen atoms in total. The maximum absolute atomic E-state index is 13.8. The van der Waals surface area contributed by atoms with Crippen molar-refractivity contribution in [3.05, 3.63) is 30.1 Å². The Balaban J connectivity index is 1.93. The molecule has 0 saturated carbocycles. The molecule has 1 amide bonds. The van der Waals surface area contributed by atoms with Crippen LogP contribution < -0.4 is 10.2 Å². The topological polar surface area (TPSA) is 70.9 Å². The lowest BCUT2D eigenvalue weighted by atomic mass is 10.2. The summed E-state index contributed by atoms with van der Waals surface area (Å²) in [6.07, 6.45) is 0.871. The highest BCUT2D eigenvalue weighted by Crippen LogP contribution is 2.18. The number of carbonyl (C=O) groups excluding carboxylic acids is 1. The Hall–Kier alpha value is -1.51. The summed E-state index contributed by atoms with van der Waals surface area (Å²) in [7, 11) is -3.82. The first-order chi connectivity index (χ1) is 11.3. The van der Waals surface area contributed by atoms with Crippen LogP contribution in [-0.4, -0.2) is 57.4 Å². The third-order valence-electron chi connectivity index (χ3n) is 4.31. The van der Waals surface area contributed by atoms with Crippen molar-refractivity contribution in [3.8, 4) is 0 Å². The van der Waals surface area contributed by atoms with Gasteiger partial charge in [-0.15, -0.1) is 0 Å². The number of nitrogens with one attached hydrogen (secondary N) is 2. The molecule has 1 aliphatic heterocycles. The Morgan fingerprint density at radius 1 is 1.33 bits per heavy atom. The summed E-state index contributed by atoms with van der Waals surface area (Å²) in [5.41, 5.74) is 0. The van der Waals surface area contributed by atoms with Crippen molar-refractivity contribution >= 4 is 15.9 Å². The van der Waals surface area contributed by atoms with Crippen LogP contribution in [0.15, 0.2) is 29.2 Å². The molecule has 0 spiro atoms. The molecule has 1 saturated heterocycles. The largest absolute Gasteiger partial charge is 0.349 e. The second-order valence-electron chi connectivity index (χ2n) is 6.14. The van der Waals surface area contributed by atoms with Gasteiger partial charge in [-0.25, -0.2) is 12.8 Å². The van der Waals surface area contributed by atoms with Crippen LogP contribution in [0.25, 0.3) is 0 Å². The van der Waals surface area contributed by atoms with Gasteiger partial charge in [0.2, 0.25) is 10.0 Å². The number of piperazine rings is 1. The number of quaternary nitrogens is 1. The van der Waals surface area contributed by atoms with E-state index in [1.807, 2.05) is 13.8 Å². The zero-order valence-electron chi connectivity index (χ0n) is 14.1. The molecular weight excluding hydrogens is 333 g/mol. The van der Waals surface area contributed by atoms with E-state index in [4.69, 9.17) is 0 Å². The summed E-state index contributed by atoms with van der Waals surface area (Å²) in [6.45, 7) is 5.91. The van der Waals surface area contributed by atoms with Gasteiger partial charge in [-0.2, -0.15) is 4.31 Å². The monoisotopic (exact) mass is 358 g/mol. The third kappa shape index (κ3) is 4.52. The fourth-order valence-electron chi connectivity index (χ4n) is 2.67. The van der Waals surface area contributed by atoms with Gasteiger partial charge in [0.15, 0.2) is 6.54 Å². The Morgan fingerprint density at radius 2 is 1.96 bits per heavy atom. The lowest BCUT2D eigenvalue weighted by Gasteiger charge is -2.31. The maximum Gasteiger partial charge on any atom is 0.275 e. The van der Waals surface area contributed by atoms with Gasteiger partial charge >= 0.3 is 0 Å². The van der Waals surface area contributed by atoms with Crippen molar-refractivity contribution in [1.82, 2.24) is 9.62 Å². The minimum absolute atomic E-state index is 0.0234. The number of benzene rings is 1. The summed E-state index contributed by atoms with van der Waals surface area (Å²) in [5.74, 6) is -0.759. The van der Waals surface area contributed by atoms with Crippen LogP contribution in [0, 0.1) is 5.82 Å². The second kappa shape index (κ2) is 8.04. The van der Waals surface area contributed by atoms with E-state index in [-0.39, 0.29) is 29.9 Å². The van der Waals surface area contributed by atoms with Gasteiger partial charge in [0.1, 0.15) is 10.7 Å². The van der Waals surface area contributed by atoms with E-state index >= 15 is 0 Å². The van der Waals surface area contributed by atoms with Crippen LogP contribution in [0.2, 0.25) is 0 Å². The zero-order chi connectivity index (χ0) is 17.7. The van der Waals surface area contributed by atoms with E-state index in [1.54, 1.807) is 0 Å². The summed E-state index contributed by atoms with van der Waals surface area (Å²) in [6, 6.07) is 5.54. The minimum atomic E-state index is -3.82. The first-order valence-corrected chi connectivity index (χ1v) is 9.66. The third-order valence-corrected chi connectivity index (χ3v) is 6.25. The van der Waals surface area contributed by atoms with Crippen LogP contribution in [-0.2, 0) is 14.8 Å². The molecule has 8 heteroatoms. The Kier molecular flexibility index (Phi) is 6.31. The van der Waals surface area contributed by atoms with Crippen LogP contribution >= 0.6 is 0 Å². The number of halogens is 1. The highest BCUT2D eigenvalue weighted by Gasteiger charge is 2.32. The van der Waals surface area contributed by atoms with Crippen LogP contribution in [0.5, 0.6) is 0 Å².